The predicted molar refractivity (Wildman–Crippen MR) is 292 cm³/mol. The Bertz CT molecular complexity index is 1150. The second-order valence-corrected chi connectivity index (χ2v) is 20.0. The highest BCUT2D eigenvalue weighted by atomic mass is 16.5. The van der Waals surface area contributed by atoms with Gasteiger partial charge in [0, 0.05) is 6.42 Å². The highest BCUT2D eigenvalue weighted by Crippen LogP contribution is 2.18. The summed E-state index contributed by atoms with van der Waals surface area (Å²) in [5.74, 6) is -0.490. The van der Waals surface area contributed by atoms with Crippen molar-refractivity contribution in [1.82, 2.24) is 5.32 Å². The number of hydrogen-bond donors (Lipinski definition) is 3. The van der Waals surface area contributed by atoms with Gasteiger partial charge in [-0.05, 0) is 89.9 Å². The zero-order chi connectivity index (χ0) is 48.8. The molecule has 0 fully saturated rings. The molecule has 0 aromatic heterocycles. The number of carbonyl (C=O) groups excluding carboxylic acids is 2. The summed E-state index contributed by atoms with van der Waals surface area (Å²) < 4.78 is 5.96. The molecular formula is C61H113NO5. The molecule has 0 saturated heterocycles. The molecule has 67 heavy (non-hydrogen) atoms. The molecular weight excluding hydrogens is 827 g/mol. The van der Waals surface area contributed by atoms with Crippen molar-refractivity contribution in [1.29, 1.82) is 0 Å². The lowest BCUT2D eigenvalue weighted by Gasteiger charge is -2.24. The molecule has 392 valence electrons. The molecule has 0 aliphatic rings. The van der Waals surface area contributed by atoms with Crippen LogP contribution in [0.3, 0.4) is 0 Å². The van der Waals surface area contributed by atoms with Gasteiger partial charge in [0.1, 0.15) is 6.10 Å². The van der Waals surface area contributed by atoms with Crippen LogP contribution >= 0.6 is 0 Å². The lowest BCUT2D eigenvalue weighted by atomic mass is 10.0. The molecule has 0 aliphatic heterocycles. The SMILES string of the molecule is CCCCC/C=C\C/C=C\C/C=C\CCCCCCC(CC(=O)NC(CO)C(O)CCCCCCCCCCCCCCCCCC)OC(=O)CCCCCCCCC/C=C\CCCCCC. The number of hydrogen-bond acceptors (Lipinski definition) is 5. The van der Waals surface area contributed by atoms with Crippen LogP contribution < -0.4 is 5.32 Å². The molecule has 0 aromatic rings. The maximum Gasteiger partial charge on any atom is 0.306 e. The van der Waals surface area contributed by atoms with Crippen molar-refractivity contribution in [3.63, 3.8) is 0 Å². The van der Waals surface area contributed by atoms with Crippen LogP contribution in [0.4, 0.5) is 0 Å². The van der Waals surface area contributed by atoms with Gasteiger partial charge in [-0.25, -0.2) is 0 Å². The Morgan fingerprint density at radius 2 is 0.761 bits per heavy atom. The fourth-order valence-electron chi connectivity index (χ4n) is 8.90. The highest BCUT2D eigenvalue weighted by molar-refractivity contribution is 5.77. The maximum atomic E-state index is 13.3. The predicted octanol–water partition coefficient (Wildman–Crippen LogP) is 18.2. The summed E-state index contributed by atoms with van der Waals surface area (Å²) in [6.07, 6.45) is 67.4. The van der Waals surface area contributed by atoms with Crippen LogP contribution in [0.1, 0.15) is 303 Å². The van der Waals surface area contributed by atoms with E-state index in [0.717, 1.165) is 83.5 Å². The number of allylic oxidation sites excluding steroid dienone is 8. The van der Waals surface area contributed by atoms with Crippen LogP contribution in [0.25, 0.3) is 0 Å². The minimum atomic E-state index is -0.795. The lowest BCUT2D eigenvalue weighted by Crippen LogP contribution is -2.46. The molecule has 0 saturated carbocycles. The highest BCUT2D eigenvalue weighted by Gasteiger charge is 2.24. The zero-order valence-corrected chi connectivity index (χ0v) is 44.8. The topological polar surface area (TPSA) is 95.9 Å². The van der Waals surface area contributed by atoms with E-state index in [4.69, 9.17) is 4.74 Å². The Balaban J connectivity index is 4.59. The molecule has 0 bridgehead atoms. The first-order valence-corrected chi connectivity index (χ1v) is 29.4. The molecule has 0 heterocycles. The summed E-state index contributed by atoms with van der Waals surface area (Å²) >= 11 is 0. The molecule has 0 spiro atoms. The van der Waals surface area contributed by atoms with E-state index >= 15 is 0 Å². The minimum Gasteiger partial charge on any atom is -0.462 e. The number of carbonyl (C=O) groups is 2. The third-order valence-corrected chi connectivity index (χ3v) is 13.4. The van der Waals surface area contributed by atoms with Crippen LogP contribution in [0.5, 0.6) is 0 Å². The fraction of sp³-hybridized carbons (Fsp3) is 0.836. The van der Waals surface area contributed by atoms with Crippen LogP contribution in [0, 0.1) is 0 Å². The summed E-state index contributed by atoms with van der Waals surface area (Å²) in [5.41, 5.74) is 0. The Labute approximate surface area is 416 Å². The van der Waals surface area contributed by atoms with E-state index in [1.54, 1.807) is 0 Å². The van der Waals surface area contributed by atoms with Gasteiger partial charge in [-0.15, -0.1) is 0 Å². The van der Waals surface area contributed by atoms with E-state index in [1.165, 1.54) is 173 Å². The molecule has 1 amide bonds. The Hall–Kier alpha value is -2.18. The van der Waals surface area contributed by atoms with Gasteiger partial charge in [-0.1, -0.05) is 249 Å². The fourth-order valence-corrected chi connectivity index (χ4v) is 8.90. The van der Waals surface area contributed by atoms with Crippen LogP contribution in [0.2, 0.25) is 0 Å². The number of ether oxygens (including phenoxy) is 1. The van der Waals surface area contributed by atoms with Gasteiger partial charge >= 0.3 is 5.97 Å². The van der Waals surface area contributed by atoms with Gasteiger partial charge in [0.25, 0.3) is 0 Å². The van der Waals surface area contributed by atoms with Crippen molar-refractivity contribution in [3.05, 3.63) is 48.6 Å². The molecule has 6 nitrogen and oxygen atoms in total. The summed E-state index contributed by atoms with van der Waals surface area (Å²) in [5, 5.41) is 23.9. The van der Waals surface area contributed by atoms with Gasteiger partial charge in [-0.3, -0.25) is 9.59 Å². The average Bonchev–Trinajstić information content (AvgIpc) is 3.32. The standard InChI is InChI=1S/C61H113NO5/c1-4-7-10-13-16-19-22-25-28-30-32-34-37-40-43-46-49-52-57(67-61(66)54-51-48-45-42-39-36-31-27-24-21-18-15-12-9-6-3)55-60(65)62-58(56-63)59(64)53-50-47-44-41-38-35-33-29-26-23-20-17-14-11-8-5-2/h16,19,21,24-25,28,32,34,57-59,63-64H,4-15,17-18,20,22-23,26-27,29-31,33,35-56H2,1-3H3,(H,62,65)/b19-16-,24-21-,28-25-,34-32-. The van der Waals surface area contributed by atoms with E-state index in [0.29, 0.717) is 19.3 Å². The van der Waals surface area contributed by atoms with Crippen molar-refractivity contribution in [2.75, 3.05) is 6.61 Å². The van der Waals surface area contributed by atoms with Crippen LogP contribution in [0.15, 0.2) is 48.6 Å². The van der Waals surface area contributed by atoms with E-state index in [9.17, 15) is 19.8 Å². The van der Waals surface area contributed by atoms with Gasteiger partial charge in [0.15, 0.2) is 0 Å². The summed E-state index contributed by atoms with van der Waals surface area (Å²) in [6.45, 7) is 6.47. The van der Waals surface area contributed by atoms with Crippen molar-refractivity contribution >= 4 is 11.9 Å². The second-order valence-electron chi connectivity index (χ2n) is 20.0. The van der Waals surface area contributed by atoms with Gasteiger partial charge in [0.05, 0.1) is 25.2 Å². The largest absolute Gasteiger partial charge is 0.462 e. The molecule has 0 radical (unpaired) electrons. The van der Waals surface area contributed by atoms with Crippen LogP contribution in [-0.2, 0) is 14.3 Å². The molecule has 3 unspecified atom stereocenters. The van der Waals surface area contributed by atoms with E-state index in [1.807, 2.05) is 0 Å². The first kappa shape index (κ1) is 64.8. The smallest absolute Gasteiger partial charge is 0.306 e. The number of unbranched alkanes of at least 4 members (excludes halogenated alkanes) is 33. The summed E-state index contributed by atoms with van der Waals surface area (Å²) in [7, 11) is 0. The van der Waals surface area contributed by atoms with Gasteiger partial charge in [0.2, 0.25) is 5.91 Å². The average molecular weight is 941 g/mol. The first-order chi connectivity index (χ1) is 33.0. The second kappa shape index (κ2) is 54.8. The molecule has 0 aliphatic carbocycles. The van der Waals surface area contributed by atoms with Crippen molar-refractivity contribution in [2.24, 2.45) is 0 Å². The Kier molecular flexibility index (Phi) is 53.0. The van der Waals surface area contributed by atoms with Gasteiger partial charge < -0.3 is 20.3 Å². The number of nitrogens with one attached hydrogen (secondary N) is 1. The molecule has 0 aromatic carbocycles. The number of amides is 1. The minimum absolute atomic E-state index is 0.0625. The zero-order valence-electron chi connectivity index (χ0n) is 44.8. The maximum absolute atomic E-state index is 13.3. The molecule has 6 heteroatoms. The number of aliphatic hydroxyl groups excluding tert-OH is 2. The molecule has 3 N–H and O–H groups in total. The first-order valence-electron chi connectivity index (χ1n) is 29.4. The Morgan fingerprint density at radius 3 is 1.21 bits per heavy atom. The summed E-state index contributed by atoms with van der Waals surface area (Å²) in [4.78, 5) is 26.3. The quantitative estimate of drug-likeness (QED) is 0.0321. The number of aliphatic hydroxyl groups is 2. The van der Waals surface area contributed by atoms with E-state index < -0.39 is 18.2 Å². The van der Waals surface area contributed by atoms with Crippen LogP contribution in [-0.4, -0.2) is 46.9 Å². The molecule has 3 atom stereocenters. The monoisotopic (exact) mass is 940 g/mol. The number of rotatable bonds is 53. The molecule has 0 rings (SSSR count). The third kappa shape index (κ3) is 50.0. The normalized spacial score (nSPS) is 13.4. The van der Waals surface area contributed by atoms with Crippen molar-refractivity contribution in [3.8, 4) is 0 Å². The summed E-state index contributed by atoms with van der Waals surface area (Å²) in [6, 6.07) is -0.710. The van der Waals surface area contributed by atoms with Crippen molar-refractivity contribution in [2.45, 2.75) is 322 Å². The van der Waals surface area contributed by atoms with Crippen molar-refractivity contribution < 1.29 is 24.5 Å². The lowest BCUT2D eigenvalue weighted by molar-refractivity contribution is -0.151. The number of esters is 1. The van der Waals surface area contributed by atoms with E-state index in [2.05, 4.69) is 74.7 Å². The van der Waals surface area contributed by atoms with E-state index in [-0.39, 0.29) is 24.9 Å². The van der Waals surface area contributed by atoms with Gasteiger partial charge in [-0.2, -0.15) is 0 Å². The Morgan fingerprint density at radius 1 is 0.433 bits per heavy atom. The third-order valence-electron chi connectivity index (χ3n) is 13.4.